The fraction of sp³-hybridized carbons (Fsp3) is 0.500. The van der Waals surface area contributed by atoms with E-state index in [1.807, 2.05) is 0 Å². The molecule has 0 spiro atoms. The number of carboxylic acid groups (broad SMARTS) is 1. The van der Waals surface area contributed by atoms with E-state index in [-0.39, 0.29) is 36.0 Å². The van der Waals surface area contributed by atoms with Gasteiger partial charge in [-0.1, -0.05) is 0 Å². The Morgan fingerprint density at radius 1 is 1.58 bits per heavy atom. The first-order valence-electron chi connectivity index (χ1n) is 5.18. The van der Waals surface area contributed by atoms with Gasteiger partial charge in [0, 0.05) is 17.8 Å². The number of carbonyl (C=O) groups excluding carboxylic acids is 1. The molecule has 1 amide bonds. The van der Waals surface area contributed by atoms with Crippen molar-refractivity contribution < 1.29 is 23.5 Å². The van der Waals surface area contributed by atoms with Crippen molar-refractivity contribution in [3.63, 3.8) is 0 Å². The standard InChI is InChI=1S/C10H10F2N2O3S.Li.H/c1-5-2-10(11,12)4-14(5)8(15)6-3-18-7(13-6)9(16)17;;/h3,5H,2,4H2,1H3,(H,16,17);;/t5-;;/m0../s1. The van der Waals surface area contributed by atoms with Crippen LogP contribution in [0.3, 0.4) is 0 Å². The Morgan fingerprint density at radius 2 is 2.21 bits per heavy atom. The van der Waals surface area contributed by atoms with Gasteiger partial charge in [-0.25, -0.2) is 18.6 Å². The number of amides is 1. The third kappa shape index (κ3) is 3.32. The van der Waals surface area contributed by atoms with E-state index < -0.39 is 30.4 Å². The molecule has 5 nitrogen and oxygen atoms in total. The molecular weight excluding hydrogens is 273 g/mol. The van der Waals surface area contributed by atoms with Gasteiger partial charge in [0.25, 0.3) is 11.8 Å². The number of thiazole rings is 1. The van der Waals surface area contributed by atoms with Crippen molar-refractivity contribution in [3.8, 4) is 0 Å². The van der Waals surface area contributed by atoms with Crippen molar-refractivity contribution in [2.24, 2.45) is 0 Å². The minimum absolute atomic E-state index is 0. The molecule has 9 heteroatoms. The number of hydrogen-bond acceptors (Lipinski definition) is 4. The summed E-state index contributed by atoms with van der Waals surface area (Å²) < 4.78 is 26.3. The van der Waals surface area contributed by atoms with Crippen LogP contribution in [-0.2, 0) is 0 Å². The summed E-state index contributed by atoms with van der Waals surface area (Å²) in [5.74, 6) is -4.77. The molecule has 0 aliphatic carbocycles. The Labute approximate surface area is 123 Å². The molecule has 0 saturated carbocycles. The van der Waals surface area contributed by atoms with Crippen LogP contribution in [0.1, 0.15) is 33.6 Å². The topological polar surface area (TPSA) is 70.5 Å². The first-order valence-corrected chi connectivity index (χ1v) is 6.06. The van der Waals surface area contributed by atoms with Gasteiger partial charge in [0.15, 0.2) is 0 Å². The summed E-state index contributed by atoms with van der Waals surface area (Å²) in [6.07, 6.45) is -0.380. The number of aromatic carboxylic acids is 1. The third-order valence-electron chi connectivity index (χ3n) is 2.69. The van der Waals surface area contributed by atoms with Crippen LogP contribution in [0.15, 0.2) is 5.38 Å². The van der Waals surface area contributed by atoms with E-state index in [9.17, 15) is 18.4 Å². The Hall–Kier alpha value is -0.973. The summed E-state index contributed by atoms with van der Waals surface area (Å²) in [6, 6.07) is -0.581. The van der Waals surface area contributed by atoms with Gasteiger partial charge in [-0.2, -0.15) is 0 Å². The Kier molecular flexibility index (Phi) is 4.71. The van der Waals surface area contributed by atoms with Crippen molar-refractivity contribution in [3.05, 3.63) is 16.1 Å². The van der Waals surface area contributed by atoms with Gasteiger partial charge in [-0.3, -0.25) is 4.79 Å². The van der Waals surface area contributed by atoms with E-state index >= 15 is 0 Å². The number of aromatic nitrogens is 1. The second-order valence-corrected chi connectivity index (χ2v) is 5.04. The second-order valence-electron chi connectivity index (χ2n) is 4.19. The predicted octanol–water partition coefficient (Wildman–Crippen LogP) is 1.06. The zero-order valence-electron chi connectivity index (χ0n) is 9.39. The monoisotopic (exact) mass is 284 g/mol. The molecule has 2 heterocycles. The van der Waals surface area contributed by atoms with Gasteiger partial charge in [0.05, 0.1) is 6.54 Å². The zero-order chi connectivity index (χ0) is 13.5. The molecule has 0 aromatic carbocycles. The average molecular weight is 284 g/mol. The SMILES string of the molecule is C[C@H]1CC(F)(F)CN1C(=O)c1csc(C(=O)O)n1.[LiH]. The van der Waals surface area contributed by atoms with E-state index in [1.54, 1.807) is 0 Å². The maximum atomic E-state index is 13.1. The summed E-state index contributed by atoms with van der Waals surface area (Å²) in [5.41, 5.74) is -0.0954. The number of alkyl halides is 2. The fourth-order valence-electron chi connectivity index (χ4n) is 1.90. The van der Waals surface area contributed by atoms with E-state index in [0.717, 1.165) is 16.2 Å². The minimum atomic E-state index is -2.89. The van der Waals surface area contributed by atoms with E-state index in [4.69, 9.17) is 5.11 Å². The van der Waals surface area contributed by atoms with Crippen LogP contribution in [0.25, 0.3) is 0 Å². The Balaban J connectivity index is 0.00000180. The van der Waals surface area contributed by atoms with Gasteiger partial charge in [-0.05, 0) is 6.92 Å². The van der Waals surface area contributed by atoms with Gasteiger partial charge < -0.3 is 10.0 Å². The Bertz CT molecular complexity index is 509. The first-order chi connectivity index (χ1) is 8.30. The van der Waals surface area contributed by atoms with Crippen LogP contribution >= 0.6 is 11.3 Å². The van der Waals surface area contributed by atoms with Crippen LogP contribution in [0.2, 0.25) is 0 Å². The van der Waals surface area contributed by atoms with Crippen molar-refractivity contribution in [1.82, 2.24) is 9.88 Å². The van der Waals surface area contributed by atoms with E-state index in [2.05, 4.69) is 4.98 Å². The molecule has 1 aromatic heterocycles. The molecule has 2 rings (SSSR count). The summed E-state index contributed by atoms with van der Waals surface area (Å²) in [5, 5.41) is 9.73. The van der Waals surface area contributed by atoms with Crippen molar-refractivity contribution in [2.45, 2.75) is 25.3 Å². The number of carboxylic acids is 1. The predicted molar refractivity (Wildman–Crippen MR) is 66.3 cm³/mol. The van der Waals surface area contributed by atoms with Gasteiger partial charge in [0.2, 0.25) is 5.01 Å². The molecule has 0 unspecified atom stereocenters. The fourth-order valence-corrected chi connectivity index (χ4v) is 2.53. The molecule has 19 heavy (non-hydrogen) atoms. The van der Waals surface area contributed by atoms with Crippen LogP contribution in [0.5, 0.6) is 0 Å². The second kappa shape index (κ2) is 5.57. The Morgan fingerprint density at radius 3 is 2.63 bits per heavy atom. The summed E-state index contributed by atoms with van der Waals surface area (Å²) in [4.78, 5) is 27.2. The number of rotatable bonds is 2. The molecule has 100 valence electrons. The normalized spacial score (nSPS) is 21.0. The van der Waals surface area contributed by atoms with E-state index in [1.165, 1.54) is 12.3 Å². The van der Waals surface area contributed by atoms with Crippen molar-refractivity contribution in [2.75, 3.05) is 6.54 Å². The molecule has 1 fully saturated rings. The molecule has 0 bridgehead atoms. The molecule has 1 aromatic rings. The molecule has 1 saturated heterocycles. The maximum absolute atomic E-state index is 13.1. The zero-order valence-corrected chi connectivity index (χ0v) is 10.2. The van der Waals surface area contributed by atoms with Crippen LogP contribution in [0, 0.1) is 0 Å². The molecular formula is C10H11F2LiN2O3S. The number of hydrogen-bond donors (Lipinski definition) is 1. The molecule has 0 radical (unpaired) electrons. The van der Waals surface area contributed by atoms with E-state index in [0.29, 0.717) is 0 Å². The van der Waals surface area contributed by atoms with Crippen LogP contribution in [0.4, 0.5) is 8.78 Å². The number of likely N-dealkylation sites (tertiary alicyclic amines) is 1. The molecule has 1 aliphatic rings. The molecule has 1 aliphatic heterocycles. The average Bonchev–Trinajstić information content (AvgIpc) is 2.81. The summed E-state index contributed by atoms with van der Waals surface area (Å²) >= 11 is 0.800. The van der Waals surface area contributed by atoms with Crippen LogP contribution in [-0.4, -0.2) is 64.2 Å². The van der Waals surface area contributed by atoms with Crippen molar-refractivity contribution in [1.29, 1.82) is 0 Å². The number of nitrogens with zero attached hydrogens (tertiary/aromatic N) is 2. The summed E-state index contributed by atoms with van der Waals surface area (Å²) in [7, 11) is 0. The molecule has 1 atom stereocenters. The number of carbonyl (C=O) groups is 2. The first kappa shape index (κ1) is 16.1. The summed E-state index contributed by atoms with van der Waals surface area (Å²) in [6.45, 7) is 0.885. The third-order valence-corrected chi connectivity index (χ3v) is 3.53. The quantitative estimate of drug-likeness (QED) is 0.824. The molecule has 1 N–H and O–H groups in total. The van der Waals surface area contributed by atoms with Gasteiger partial charge >= 0.3 is 24.8 Å². The van der Waals surface area contributed by atoms with Gasteiger partial charge in [0.1, 0.15) is 5.69 Å². The van der Waals surface area contributed by atoms with Crippen LogP contribution < -0.4 is 0 Å². The van der Waals surface area contributed by atoms with Gasteiger partial charge in [-0.15, -0.1) is 11.3 Å². The van der Waals surface area contributed by atoms with Crippen molar-refractivity contribution >= 4 is 42.1 Å². The number of halogens is 2.